The highest BCUT2D eigenvalue weighted by Crippen LogP contribution is 2.36. The zero-order chi connectivity index (χ0) is 14.0. The summed E-state index contributed by atoms with van der Waals surface area (Å²) in [5, 5.41) is 8.92. The van der Waals surface area contributed by atoms with E-state index in [0.717, 1.165) is 9.79 Å². The maximum Gasteiger partial charge on any atom is 0.122 e. The molecule has 0 aromatic heterocycles. The number of hydrogen-bond donors (Lipinski definition) is 2. The molecule has 0 spiro atoms. The Morgan fingerprint density at radius 3 is 2.26 bits per heavy atom. The van der Waals surface area contributed by atoms with Crippen molar-refractivity contribution in [3.8, 4) is 0 Å². The van der Waals surface area contributed by atoms with Crippen molar-refractivity contribution in [2.75, 3.05) is 0 Å². The van der Waals surface area contributed by atoms with Gasteiger partial charge >= 0.3 is 0 Å². The Bertz CT molecular complexity index is 644. The van der Waals surface area contributed by atoms with Gasteiger partial charge in [0.25, 0.3) is 0 Å². The minimum Gasteiger partial charge on any atom is -0.384 e. The molecule has 0 unspecified atom stereocenters. The summed E-state index contributed by atoms with van der Waals surface area (Å²) in [5.41, 5.74) is 6.01. The molecule has 3 N–H and O–H groups in total. The second-order valence-electron chi connectivity index (χ2n) is 3.74. The number of nitrogens with one attached hydrogen (secondary N) is 1. The minimum atomic E-state index is -0.00649. The summed E-state index contributed by atoms with van der Waals surface area (Å²) < 4.78 is 0. The van der Waals surface area contributed by atoms with Crippen molar-refractivity contribution >= 4 is 52.4 Å². The molecule has 0 saturated heterocycles. The fraction of sp³-hybridized carbons (Fsp3) is 0. The van der Waals surface area contributed by atoms with E-state index >= 15 is 0 Å². The molecule has 2 rings (SSSR count). The Hall–Kier alpha value is -0.870. The van der Waals surface area contributed by atoms with Gasteiger partial charge in [-0.05, 0) is 30.3 Å². The average Bonchev–Trinajstić information content (AvgIpc) is 2.36. The minimum absolute atomic E-state index is 0.00649. The number of hydrogen-bond acceptors (Lipinski definition) is 2. The van der Waals surface area contributed by atoms with E-state index in [9.17, 15) is 0 Å². The van der Waals surface area contributed by atoms with Crippen LogP contribution >= 0.6 is 46.6 Å². The summed E-state index contributed by atoms with van der Waals surface area (Å²) in [7, 11) is 0. The van der Waals surface area contributed by atoms with Gasteiger partial charge in [-0.25, -0.2) is 0 Å². The van der Waals surface area contributed by atoms with Crippen LogP contribution in [0.3, 0.4) is 0 Å². The predicted molar refractivity (Wildman–Crippen MR) is 83.1 cm³/mol. The largest absolute Gasteiger partial charge is 0.384 e. The van der Waals surface area contributed by atoms with Gasteiger partial charge in [-0.1, -0.05) is 52.6 Å². The predicted octanol–water partition coefficient (Wildman–Crippen LogP) is 5.08. The standard InChI is InChI=1S/C13H9Cl3N2S/c14-9-3-2-8(6-10(9)15)19-12-4-1-7(13(17)18)5-11(12)16/h1-6H,(H3,17,18). The van der Waals surface area contributed by atoms with Crippen molar-refractivity contribution in [1.29, 1.82) is 5.41 Å². The van der Waals surface area contributed by atoms with Gasteiger partial charge < -0.3 is 5.73 Å². The quantitative estimate of drug-likeness (QED) is 0.608. The van der Waals surface area contributed by atoms with Crippen molar-refractivity contribution in [1.82, 2.24) is 0 Å². The second kappa shape index (κ2) is 6.06. The Morgan fingerprint density at radius 2 is 1.68 bits per heavy atom. The van der Waals surface area contributed by atoms with E-state index in [-0.39, 0.29) is 5.84 Å². The first-order valence-electron chi connectivity index (χ1n) is 5.24. The third-order valence-corrected chi connectivity index (χ3v) is 4.59. The highest BCUT2D eigenvalue weighted by Gasteiger charge is 2.07. The van der Waals surface area contributed by atoms with Gasteiger partial charge in [0.15, 0.2) is 0 Å². The van der Waals surface area contributed by atoms with E-state index in [1.54, 1.807) is 24.3 Å². The van der Waals surface area contributed by atoms with Crippen molar-refractivity contribution in [3.63, 3.8) is 0 Å². The lowest BCUT2D eigenvalue weighted by Gasteiger charge is -2.07. The van der Waals surface area contributed by atoms with Crippen molar-refractivity contribution in [2.24, 2.45) is 5.73 Å². The molecular weight excluding hydrogens is 323 g/mol. The van der Waals surface area contributed by atoms with Crippen LogP contribution in [0, 0.1) is 5.41 Å². The first-order valence-corrected chi connectivity index (χ1v) is 7.19. The van der Waals surface area contributed by atoms with E-state index in [2.05, 4.69) is 0 Å². The highest BCUT2D eigenvalue weighted by molar-refractivity contribution is 7.99. The van der Waals surface area contributed by atoms with Gasteiger partial charge in [-0.2, -0.15) is 0 Å². The molecule has 2 aromatic carbocycles. The molecule has 2 nitrogen and oxygen atoms in total. The zero-order valence-electron chi connectivity index (χ0n) is 9.58. The molecule has 0 fully saturated rings. The number of halogens is 3. The molecule has 0 saturated carbocycles. The first-order chi connectivity index (χ1) is 8.97. The van der Waals surface area contributed by atoms with Gasteiger partial charge in [0.05, 0.1) is 15.1 Å². The first kappa shape index (κ1) is 14.5. The molecular formula is C13H9Cl3N2S. The third kappa shape index (κ3) is 3.57. The lowest BCUT2D eigenvalue weighted by molar-refractivity contribution is 1.37. The fourth-order valence-corrected chi connectivity index (χ4v) is 2.94. The molecule has 98 valence electrons. The molecule has 2 aromatic rings. The maximum atomic E-state index is 7.36. The molecule has 0 radical (unpaired) electrons. The Kier molecular flexibility index (Phi) is 4.63. The molecule has 0 amide bonds. The molecule has 0 bridgehead atoms. The lowest BCUT2D eigenvalue weighted by atomic mass is 10.2. The Labute approximate surface area is 130 Å². The zero-order valence-corrected chi connectivity index (χ0v) is 12.7. The molecule has 6 heteroatoms. The van der Waals surface area contributed by atoms with Crippen LogP contribution in [0.5, 0.6) is 0 Å². The normalized spacial score (nSPS) is 10.5. The van der Waals surface area contributed by atoms with Gasteiger partial charge in [-0.3, -0.25) is 5.41 Å². The smallest absolute Gasteiger partial charge is 0.122 e. The maximum absolute atomic E-state index is 7.36. The summed E-state index contributed by atoms with van der Waals surface area (Å²) in [6.07, 6.45) is 0. The summed E-state index contributed by atoms with van der Waals surface area (Å²) in [6.45, 7) is 0. The molecule has 0 heterocycles. The molecule has 0 aliphatic heterocycles. The van der Waals surface area contributed by atoms with Crippen molar-refractivity contribution in [3.05, 3.63) is 57.0 Å². The van der Waals surface area contributed by atoms with Crippen LogP contribution in [0.15, 0.2) is 46.2 Å². The third-order valence-electron chi connectivity index (χ3n) is 2.36. The molecule has 0 aliphatic rings. The number of amidine groups is 1. The van der Waals surface area contributed by atoms with E-state index in [4.69, 9.17) is 45.9 Å². The van der Waals surface area contributed by atoms with Crippen LogP contribution in [0.2, 0.25) is 15.1 Å². The van der Waals surface area contributed by atoms with E-state index < -0.39 is 0 Å². The van der Waals surface area contributed by atoms with Gasteiger partial charge in [0, 0.05) is 15.4 Å². The van der Waals surface area contributed by atoms with Crippen LogP contribution in [0.1, 0.15) is 5.56 Å². The van der Waals surface area contributed by atoms with E-state index in [0.29, 0.717) is 20.6 Å². The number of nitrogens with two attached hydrogens (primary N) is 1. The second-order valence-corrected chi connectivity index (χ2v) is 6.07. The van der Waals surface area contributed by atoms with Gasteiger partial charge in [-0.15, -0.1) is 0 Å². The van der Waals surface area contributed by atoms with Crippen LogP contribution in [0.4, 0.5) is 0 Å². The monoisotopic (exact) mass is 330 g/mol. The Morgan fingerprint density at radius 1 is 0.947 bits per heavy atom. The molecule has 0 aliphatic carbocycles. The SMILES string of the molecule is N=C(N)c1ccc(Sc2ccc(Cl)c(Cl)c2)c(Cl)c1. The average molecular weight is 332 g/mol. The van der Waals surface area contributed by atoms with Crippen LogP contribution in [0.25, 0.3) is 0 Å². The number of benzene rings is 2. The van der Waals surface area contributed by atoms with Gasteiger partial charge in [0.1, 0.15) is 5.84 Å². The lowest BCUT2D eigenvalue weighted by Crippen LogP contribution is -2.10. The molecule has 19 heavy (non-hydrogen) atoms. The fourth-order valence-electron chi connectivity index (χ4n) is 1.42. The molecule has 0 atom stereocenters. The summed E-state index contributed by atoms with van der Waals surface area (Å²) in [4.78, 5) is 1.80. The summed E-state index contributed by atoms with van der Waals surface area (Å²) >= 11 is 19.5. The number of nitrogen functional groups attached to an aromatic ring is 1. The number of rotatable bonds is 3. The topological polar surface area (TPSA) is 49.9 Å². The Balaban J connectivity index is 2.28. The van der Waals surface area contributed by atoms with E-state index in [1.807, 2.05) is 12.1 Å². The highest BCUT2D eigenvalue weighted by atomic mass is 35.5. The van der Waals surface area contributed by atoms with Gasteiger partial charge in [0.2, 0.25) is 0 Å². The van der Waals surface area contributed by atoms with Crippen LogP contribution < -0.4 is 5.73 Å². The summed E-state index contributed by atoms with van der Waals surface area (Å²) in [5.74, 6) is -0.00649. The van der Waals surface area contributed by atoms with Crippen LogP contribution in [-0.2, 0) is 0 Å². The summed E-state index contributed by atoms with van der Waals surface area (Å²) in [6, 6.07) is 10.6. The van der Waals surface area contributed by atoms with Crippen molar-refractivity contribution < 1.29 is 0 Å². The van der Waals surface area contributed by atoms with Crippen molar-refractivity contribution in [2.45, 2.75) is 9.79 Å². The van der Waals surface area contributed by atoms with Crippen LogP contribution in [-0.4, -0.2) is 5.84 Å². The van der Waals surface area contributed by atoms with E-state index in [1.165, 1.54) is 11.8 Å².